The van der Waals surface area contributed by atoms with Crippen molar-refractivity contribution in [3.05, 3.63) is 46.1 Å². The maximum Gasteiger partial charge on any atom is 0.338 e. The summed E-state index contributed by atoms with van der Waals surface area (Å²) >= 11 is 6.17. The van der Waals surface area contributed by atoms with Crippen molar-refractivity contribution in [3.8, 4) is 0 Å². The quantitative estimate of drug-likeness (QED) is 0.625. The van der Waals surface area contributed by atoms with Gasteiger partial charge in [-0.2, -0.15) is 0 Å². The summed E-state index contributed by atoms with van der Waals surface area (Å²) in [5.74, 6) is -0.745. The van der Waals surface area contributed by atoms with E-state index >= 15 is 0 Å². The number of halogens is 1. The third-order valence-electron chi connectivity index (χ3n) is 5.84. The van der Waals surface area contributed by atoms with Crippen LogP contribution in [0, 0.1) is 5.92 Å². The molecule has 0 aliphatic carbocycles. The Balaban J connectivity index is 1.89. The third-order valence-corrected chi connectivity index (χ3v) is 6.07. The van der Waals surface area contributed by atoms with E-state index in [2.05, 4.69) is 10.2 Å². The number of piperidine rings is 1. The van der Waals surface area contributed by atoms with Gasteiger partial charge in [0.25, 0.3) is 0 Å². The van der Waals surface area contributed by atoms with E-state index in [-0.39, 0.29) is 24.5 Å². The average Bonchev–Trinajstić information content (AvgIpc) is 2.77. The lowest BCUT2D eigenvalue weighted by atomic mass is 9.93. The molecule has 0 unspecified atom stereocenters. The van der Waals surface area contributed by atoms with Crippen LogP contribution in [-0.2, 0) is 19.1 Å². The van der Waals surface area contributed by atoms with E-state index in [1.54, 1.807) is 39.1 Å². The number of rotatable bonds is 7. The highest BCUT2D eigenvalue weighted by Crippen LogP contribution is 2.33. The van der Waals surface area contributed by atoms with Crippen molar-refractivity contribution in [2.45, 2.75) is 32.7 Å². The molecule has 1 aromatic carbocycles. The summed E-state index contributed by atoms with van der Waals surface area (Å²) in [4.78, 5) is 41.4. The molecule has 32 heavy (non-hydrogen) atoms. The number of nitrogens with zero attached hydrogens (tertiary/aromatic N) is 2. The van der Waals surface area contributed by atoms with Gasteiger partial charge in [0.05, 0.1) is 30.7 Å². The number of urea groups is 1. The van der Waals surface area contributed by atoms with E-state index in [0.717, 1.165) is 0 Å². The van der Waals surface area contributed by atoms with E-state index in [1.807, 2.05) is 6.07 Å². The third kappa shape index (κ3) is 5.42. The molecule has 2 aliphatic rings. The van der Waals surface area contributed by atoms with Crippen molar-refractivity contribution in [2.24, 2.45) is 5.92 Å². The molecule has 2 amide bonds. The van der Waals surface area contributed by atoms with Crippen LogP contribution in [0.5, 0.6) is 0 Å². The van der Waals surface area contributed by atoms with E-state index < -0.39 is 12.0 Å². The molecule has 3 rings (SSSR count). The van der Waals surface area contributed by atoms with Gasteiger partial charge in [-0.3, -0.25) is 14.6 Å². The fraction of sp³-hybridized carbons (Fsp3) is 0.522. The zero-order valence-electron chi connectivity index (χ0n) is 18.7. The van der Waals surface area contributed by atoms with Gasteiger partial charge in [-0.05, 0) is 57.5 Å². The van der Waals surface area contributed by atoms with Crippen LogP contribution in [0.1, 0.15) is 38.3 Å². The van der Waals surface area contributed by atoms with Crippen LogP contribution >= 0.6 is 11.6 Å². The minimum Gasteiger partial charge on any atom is -0.466 e. The number of hydrogen-bond donors (Lipinski definition) is 1. The Labute approximate surface area is 193 Å². The molecule has 1 N–H and O–H groups in total. The standard InChI is InChI=1S/C23H30ClN3O5/c1-4-31-21(28)15-9-11-27(12-10-15)14-18-19(22(29)32-5-2)20(25-23(30)26(18)3)16-7-6-8-17(24)13-16/h6-8,13,15,20H,4-5,9-12,14H2,1-3H3,(H,25,30)/t20-/m1/s1. The van der Waals surface area contributed by atoms with Crippen molar-refractivity contribution < 1.29 is 23.9 Å². The Kier molecular flexibility index (Phi) is 8.15. The zero-order valence-corrected chi connectivity index (χ0v) is 19.5. The molecule has 174 valence electrons. The van der Waals surface area contributed by atoms with Crippen LogP contribution in [0.25, 0.3) is 0 Å². The fourth-order valence-corrected chi connectivity index (χ4v) is 4.33. The molecule has 9 heteroatoms. The SMILES string of the molecule is CCOC(=O)C1=C(CN2CCC(C(=O)OCC)CC2)N(C)C(=O)N[C@@H]1c1cccc(Cl)c1. The van der Waals surface area contributed by atoms with Gasteiger partial charge < -0.3 is 14.8 Å². The van der Waals surface area contributed by atoms with E-state index in [9.17, 15) is 14.4 Å². The maximum absolute atomic E-state index is 13.0. The largest absolute Gasteiger partial charge is 0.466 e. The number of benzene rings is 1. The lowest BCUT2D eigenvalue weighted by molar-refractivity contribution is -0.149. The molecular formula is C23H30ClN3O5. The van der Waals surface area contributed by atoms with E-state index in [0.29, 0.717) is 60.9 Å². The number of likely N-dealkylation sites (tertiary alicyclic amines) is 1. The predicted octanol–water partition coefficient (Wildman–Crippen LogP) is 3.13. The van der Waals surface area contributed by atoms with Crippen LogP contribution in [0.3, 0.4) is 0 Å². The summed E-state index contributed by atoms with van der Waals surface area (Å²) in [7, 11) is 1.64. The van der Waals surface area contributed by atoms with Gasteiger partial charge >= 0.3 is 18.0 Å². The second kappa shape index (κ2) is 10.8. The van der Waals surface area contributed by atoms with Crippen LogP contribution in [0.4, 0.5) is 4.79 Å². The Morgan fingerprint density at radius 2 is 1.84 bits per heavy atom. The number of esters is 2. The summed E-state index contributed by atoms with van der Waals surface area (Å²) in [5.41, 5.74) is 1.69. The van der Waals surface area contributed by atoms with Gasteiger partial charge in [-0.15, -0.1) is 0 Å². The van der Waals surface area contributed by atoms with Gasteiger partial charge in [-0.1, -0.05) is 23.7 Å². The lowest BCUT2D eigenvalue weighted by Gasteiger charge is -2.38. The summed E-state index contributed by atoms with van der Waals surface area (Å²) in [6, 6.07) is 6.11. The Morgan fingerprint density at radius 1 is 1.16 bits per heavy atom. The van der Waals surface area contributed by atoms with Crippen LogP contribution in [0.15, 0.2) is 35.5 Å². The highest BCUT2D eigenvalue weighted by atomic mass is 35.5. The molecule has 0 radical (unpaired) electrons. The monoisotopic (exact) mass is 463 g/mol. The molecule has 1 fully saturated rings. The molecule has 0 spiro atoms. The summed E-state index contributed by atoms with van der Waals surface area (Å²) < 4.78 is 10.5. The normalized spacial score (nSPS) is 20.2. The summed E-state index contributed by atoms with van der Waals surface area (Å²) in [6.07, 6.45) is 1.35. The fourth-order valence-electron chi connectivity index (χ4n) is 4.13. The number of likely N-dealkylation sites (N-methyl/N-ethyl adjacent to an activating group) is 1. The minimum absolute atomic E-state index is 0.115. The molecular weight excluding hydrogens is 434 g/mol. The van der Waals surface area contributed by atoms with Crippen molar-refractivity contribution >= 4 is 29.6 Å². The Bertz CT molecular complexity index is 895. The van der Waals surface area contributed by atoms with Gasteiger partial charge in [0.1, 0.15) is 0 Å². The second-order valence-electron chi connectivity index (χ2n) is 7.88. The van der Waals surface area contributed by atoms with Gasteiger partial charge in [0, 0.05) is 24.3 Å². The number of amides is 2. The van der Waals surface area contributed by atoms with Gasteiger partial charge in [-0.25, -0.2) is 9.59 Å². The lowest BCUT2D eigenvalue weighted by Crippen LogP contribution is -2.50. The van der Waals surface area contributed by atoms with Crippen molar-refractivity contribution in [3.63, 3.8) is 0 Å². The smallest absolute Gasteiger partial charge is 0.338 e. The maximum atomic E-state index is 13.0. The highest BCUT2D eigenvalue weighted by Gasteiger charge is 2.38. The number of nitrogens with one attached hydrogen (secondary N) is 1. The Hall–Kier alpha value is -2.58. The highest BCUT2D eigenvalue weighted by molar-refractivity contribution is 6.30. The molecule has 0 saturated carbocycles. The molecule has 2 aliphatic heterocycles. The first kappa shape index (κ1) is 24.1. The van der Waals surface area contributed by atoms with Crippen molar-refractivity contribution in [2.75, 3.05) is 39.9 Å². The average molecular weight is 464 g/mol. The first-order valence-electron chi connectivity index (χ1n) is 10.9. The van der Waals surface area contributed by atoms with Crippen LogP contribution < -0.4 is 5.32 Å². The van der Waals surface area contributed by atoms with Crippen LogP contribution in [-0.4, -0.2) is 67.7 Å². The molecule has 0 bridgehead atoms. The molecule has 1 saturated heterocycles. The van der Waals surface area contributed by atoms with Gasteiger partial charge in [0.15, 0.2) is 0 Å². The minimum atomic E-state index is -0.663. The van der Waals surface area contributed by atoms with Crippen molar-refractivity contribution in [1.82, 2.24) is 15.1 Å². The first-order valence-corrected chi connectivity index (χ1v) is 11.3. The molecule has 1 aromatic rings. The van der Waals surface area contributed by atoms with Crippen molar-refractivity contribution in [1.29, 1.82) is 0 Å². The summed E-state index contributed by atoms with van der Waals surface area (Å²) in [6.45, 7) is 5.88. The number of ether oxygens (including phenoxy) is 2. The molecule has 2 heterocycles. The van der Waals surface area contributed by atoms with E-state index in [1.165, 1.54) is 4.90 Å². The zero-order chi connectivity index (χ0) is 23.3. The topological polar surface area (TPSA) is 88.2 Å². The molecule has 1 atom stereocenters. The number of carbonyl (C=O) groups is 3. The number of hydrogen-bond acceptors (Lipinski definition) is 6. The summed E-state index contributed by atoms with van der Waals surface area (Å²) in [5, 5.41) is 3.41. The molecule has 8 nitrogen and oxygen atoms in total. The van der Waals surface area contributed by atoms with E-state index in [4.69, 9.17) is 21.1 Å². The second-order valence-corrected chi connectivity index (χ2v) is 8.32. The van der Waals surface area contributed by atoms with Crippen LogP contribution in [0.2, 0.25) is 5.02 Å². The van der Waals surface area contributed by atoms with Gasteiger partial charge in [0.2, 0.25) is 0 Å². The molecule has 0 aromatic heterocycles. The number of carbonyl (C=O) groups excluding carboxylic acids is 3. The Morgan fingerprint density at radius 3 is 2.47 bits per heavy atom. The predicted molar refractivity (Wildman–Crippen MR) is 120 cm³/mol. The first-order chi connectivity index (χ1) is 15.3.